The summed E-state index contributed by atoms with van der Waals surface area (Å²) in [4.78, 5) is 2.33. The quantitative estimate of drug-likeness (QED) is 0.761. The number of nitrogens with one attached hydrogen (secondary N) is 1. The number of fused-ring (bicyclic) bond motifs is 1. The van der Waals surface area contributed by atoms with Crippen LogP contribution in [0.4, 0.5) is 5.69 Å². The number of benzene rings is 1. The van der Waals surface area contributed by atoms with Gasteiger partial charge in [0.1, 0.15) is 0 Å². The largest absolute Gasteiger partial charge is 0.380 e. The van der Waals surface area contributed by atoms with Crippen molar-refractivity contribution in [3.05, 3.63) is 29.3 Å². The number of anilines is 1. The number of ether oxygens (including phenoxy) is 1. The van der Waals surface area contributed by atoms with Gasteiger partial charge in [0.25, 0.3) is 0 Å². The monoisotopic (exact) mass is 260 g/mol. The third kappa shape index (κ3) is 3.48. The lowest BCUT2D eigenvalue weighted by Gasteiger charge is -2.12. The van der Waals surface area contributed by atoms with Crippen LogP contribution in [-0.2, 0) is 17.7 Å². The molecule has 0 radical (unpaired) electrons. The molecule has 2 aliphatic rings. The van der Waals surface area contributed by atoms with Crippen molar-refractivity contribution in [1.82, 2.24) is 5.32 Å². The zero-order valence-corrected chi connectivity index (χ0v) is 11.8. The molecule has 0 unspecified atom stereocenters. The fourth-order valence-electron chi connectivity index (χ4n) is 2.64. The molecule has 1 aliphatic heterocycles. The first kappa shape index (κ1) is 12.9. The lowest BCUT2D eigenvalue weighted by Crippen LogP contribution is -2.19. The minimum Gasteiger partial charge on any atom is -0.380 e. The number of hydrogen-bond acceptors (Lipinski definition) is 3. The maximum absolute atomic E-state index is 5.61. The third-order valence-electron chi connectivity index (χ3n) is 4.07. The molecule has 0 amide bonds. The van der Waals surface area contributed by atoms with Crippen molar-refractivity contribution in [3.8, 4) is 0 Å². The highest BCUT2D eigenvalue weighted by molar-refractivity contribution is 5.58. The fourth-order valence-corrected chi connectivity index (χ4v) is 2.64. The lowest BCUT2D eigenvalue weighted by atomic mass is 10.1. The van der Waals surface area contributed by atoms with Gasteiger partial charge in [0.15, 0.2) is 0 Å². The van der Waals surface area contributed by atoms with Crippen molar-refractivity contribution in [2.75, 3.05) is 38.3 Å². The molecule has 3 nitrogen and oxygen atoms in total. The molecular formula is C16H24N2O. The molecule has 1 saturated carbocycles. The summed E-state index contributed by atoms with van der Waals surface area (Å²) in [5.41, 5.74) is 4.28. The van der Waals surface area contributed by atoms with E-state index in [1.165, 1.54) is 36.1 Å². The maximum Gasteiger partial charge on any atom is 0.0591 e. The SMILES string of the molecule is CN1CCc2cc(CNCCOCC3CC3)ccc21. The molecule has 0 aromatic heterocycles. The van der Waals surface area contributed by atoms with Crippen LogP contribution in [0.1, 0.15) is 24.0 Å². The molecular weight excluding hydrogens is 236 g/mol. The normalized spacial score (nSPS) is 17.8. The van der Waals surface area contributed by atoms with Crippen LogP contribution >= 0.6 is 0 Å². The Hall–Kier alpha value is -1.06. The minimum atomic E-state index is 0.837. The lowest BCUT2D eigenvalue weighted by molar-refractivity contribution is 0.126. The van der Waals surface area contributed by atoms with E-state index in [0.29, 0.717) is 0 Å². The second kappa shape index (κ2) is 5.93. The topological polar surface area (TPSA) is 24.5 Å². The van der Waals surface area contributed by atoms with Gasteiger partial charge < -0.3 is 15.0 Å². The summed E-state index contributed by atoms with van der Waals surface area (Å²) in [5, 5.41) is 3.46. The van der Waals surface area contributed by atoms with E-state index in [9.17, 15) is 0 Å². The van der Waals surface area contributed by atoms with Gasteiger partial charge in [-0.3, -0.25) is 0 Å². The van der Waals surface area contributed by atoms with Crippen LogP contribution < -0.4 is 10.2 Å². The average Bonchev–Trinajstić information content (AvgIpc) is 3.18. The third-order valence-corrected chi connectivity index (χ3v) is 4.07. The van der Waals surface area contributed by atoms with Crippen molar-refractivity contribution in [2.45, 2.75) is 25.8 Å². The number of hydrogen-bond donors (Lipinski definition) is 1. The summed E-state index contributed by atoms with van der Waals surface area (Å²) < 4.78 is 5.61. The van der Waals surface area contributed by atoms with Gasteiger partial charge in [-0.1, -0.05) is 12.1 Å². The van der Waals surface area contributed by atoms with Gasteiger partial charge in [-0.25, -0.2) is 0 Å². The summed E-state index contributed by atoms with van der Waals surface area (Å²) in [6, 6.07) is 6.83. The van der Waals surface area contributed by atoms with Gasteiger partial charge in [-0.2, -0.15) is 0 Å². The van der Waals surface area contributed by atoms with Crippen LogP contribution in [0.3, 0.4) is 0 Å². The molecule has 1 aromatic rings. The Morgan fingerprint density at radius 2 is 2.26 bits per heavy atom. The first-order valence-electron chi connectivity index (χ1n) is 7.44. The maximum atomic E-state index is 5.61. The van der Waals surface area contributed by atoms with Crippen molar-refractivity contribution in [3.63, 3.8) is 0 Å². The fraction of sp³-hybridized carbons (Fsp3) is 0.625. The highest BCUT2D eigenvalue weighted by Crippen LogP contribution is 2.28. The Morgan fingerprint density at radius 1 is 1.37 bits per heavy atom. The molecule has 104 valence electrons. The van der Waals surface area contributed by atoms with Crippen molar-refractivity contribution >= 4 is 5.69 Å². The van der Waals surface area contributed by atoms with Crippen molar-refractivity contribution in [1.29, 1.82) is 0 Å². The molecule has 1 aliphatic carbocycles. The zero-order valence-electron chi connectivity index (χ0n) is 11.8. The van der Waals surface area contributed by atoms with Crippen LogP contribution in [0, 0.1) is 5.92 Å². The molecule has 0 spiro atoms. The van der Waals surface area contributed by atoms with Gasteiger partial charge in [0, 0.05) is 39.0 Å². The number of likely N-dealkylation sites (N-methyl/N-ethyl adjacent to an activating group) is 1. The second-order valence-electron chi connectivity index (χ2n) is 5.83. The standard InChI is InChI=1S/C16H24N2O/c1-18-8-6-15-10-14(4-5-16(15)18)11-17-7-9-19-12-13-2-3-13/h4-5,10,13,17H,2-3,6-9,11-12H2,1H3. The Bertz CT molecular complexity index is 429. The Morgan fingerprint density at radius 3 is 3.11 bits per heavy atom. The smallest absolute Gasteiger partial charge is 0.0591 e. The van der Waals surface area contributed by atoms with Gasteiger partial charge in [0.2, 0.25) is 0 Å². The van der Waals surface area contributed by atoms with Gasteiger partial charge >= 0.3 is 0 Å². The predicted octanol–water partition coefficient (Wildman–Crippen LogP) is 2.20. The molecule has 1 N–H and O–H groups in total. The van der Waals surface area contributed by atoms with Crippen LogP contribution in [0.2, 0.25) is 0 Å². The molecule has 0 atom stereocenters. The summed E-state index contributed by atoms with van der Waals surface area (Å²) in [6.45, 7) is 4.85. The Labute approximate surface area is 115 Å². The minimum absolute atomic E-state index is 0.837. The van der Waals surface area contributed by atoms with Crippen LogP contribution in [0.25, 0.3) is 0 Å². The van der Waals surface area contributed by atoms with E-state index >= 15 is 0 Å². The van der Waals surface area contributed by atoms with Crippen molar-refractivity contribution < 1.29 is 4.74 Å². The predicted molar refractivity (Wildman–Crippen MR) is 78.7 cm³/mol. The van der Waals surface area contributed by atoms with E-state index in [2.05, 4.69) is 35.5 Å². The van der Waals surface area contributed by atoms with Crippen molar-refractivity contribution in [2.24, 2.45) is 5.92 Å². The Balaban J connectivity index is 1.38. The summed E-state index contributed by atoms with van der Waals surface area (Å²) in [5.74, 6) is 0.869. The first-order valence-corrected chi connectivity index (χ1v) is 7.44. The summed E-state index contributed by atoms with van der Waals surface area (Å²) >= 11 is 0. The molecule has 19 heavy (non-hydrogen) atoms. The number of nitrogens with zero attached hydrogens (tertiary/aromatic N) is 1. The van der Waals surface area contributed by atoms with Crippen LogP contribution in [0.15, 0.2) is 18.2 Å². The molecule has 1 aromatic carbocycles. The highest BCUT2D eigenvalue weighted by Gasteiger charge is 2.20. The molecule has 3 rings (SSSR count). The average molecular weight is 260 g/mol. The van der Waals surface area contributed by atoms with Gasteiger partial charge in [-0.15, -0.1) is 0 Å². The van der Waals surface area contributed by atoms with Gasteiger partial charge in [-0.05, 0) is 42.4 Å². The molecule has 1 heterocycles. The van der Waals surface area contributed by atoms with E-state index in [4.69, 9.17) is 4.74 Å². The molecule has 3 heteroatoms. The highest BCUT2D eigenvalue weighted by atomic mass is 16.5. The Kier molecular flexibility index (Phi) is 4.04. The molecule has 0 saturated heterocycles. The van der Waals surface area contributed by atoms with Gasteiger partial charge in [0.05, 0.1) is 6.61 Å². The molecule has 0 bridgehead atoms. The molecule has 1 fully saturated rings. The summed E-state index contributed by atoms with van der Waals surface area (Å²) in [6.07, 6.45) is 3.93. The van der Waals surface area contributed by atoms with E-state index in [1.807, 2.05) is 0 Å². The number of rotatable bonds is 7. The second-order valence-corrected chi connectivity index (χ2v) is 5.83. The zero-order chi connectivity index (χ0) is 13.1. The van der Waals surface area contributed by atoms with E-state index in [1.54, 1.807) is 0 Å². The van der Waals surface area contributed by atoms with Crippen LogP contribution in [0.5, 0.6) is 0 Å². The van der Waals surface area contributed by atoms with E-state index < -0.39 is 0 Å². The van der Waals surface area contributed by atoms with Crippen LogP contribution in [-0.4, -0.2) is 33.4 Å². The first-order chi connectivity index (χ1) is 9.33. The van der Waals surface area contributed by atoms with E-state index in [-0.39, 0.29) is 0 Å². The van der Waals surface area contributed by atoms with E-state index in [0.717, 1.165) is 38.8 Å². The summed E-state index contributed by atoms with van der Waals surface area (Å²) in [7, 11) is 2.17.